The van der Waals surface area contributed by atoms with Gasteiger partial charge in [0.2, 0.25) is 5.91 Å². The Morgan fingerprint density at radius 1 is 1.00 bits per heavy atom. The highest BCUT2D eigenvalue weighted by molar-refractivity contribution is 5.94. The van der Waals surface area contributed by atoms with Gasteiger partial charge < -0.3 is 15.5 Å². The Morgan fingerprint density at radius 2 is 1.71 bits per heavy atom. The number of hydrogen-bond donors (Lipinski definition) is 2. The second kappa shape index (κ2) is 8.98. The lowest BCUT2D eigenvalue weighted by molar-refractivity contribution is -0.384. The third-order valence-corrected chi connectivity index (χ3v) is 4.64. The van der Waals surface area contributed by atoms with Crippen LogP contribution in [0.25, 0.3) is 0 Å². The van der Waals surface area contributed by atoms with Crippen molar-refractivity contribution in [3.8, 4) is 0 Å². The van der Waals surface area contributed by atoms with Gasteiger partial charge in [0.15, 0.2) is 0 Å². The molecule has 2 aromatic rings. The number of likely N-dealkylation sites (tertiary alicyclic amines) is 1. The first kappa shape index (κ1) is 19.3. The standard InChI is InChI=1S/C20H22N4O4/c25-19(23-12-5-2-6-13-23)18(15-8-3-1-4-9-15)22-20(26)21-16-10-7-11-17(14-16)24(27)28/h1,3-4,7-11,14,18H,2,5-6,12-13H2,(H2,21,22,26)/t18-/m1/s1. The summed E-state index contributed by atoms with van der Waals surface area (Å²) in [4.78, 5) is 37.7. The van der Waals surface area contributed by atoms with Gasteiger partial charge in [-0.25, -0.2) is 4.79 Å². The second-order valence-corrected chi connectivity index (χ2v) is 6.64. The maximum atomic E-state index is 13.0. The first-order chi connectivity index (χ1) is 13.5. The summed E-state index contributed by atoms with van der Waals surface area (Å²) in [6.45, 7) is 1.35. The Balaban J connectivity index is 1.75. The van der Waals surface area contributed by atoms with Crippen LogP contribution in [-0.4, -0.2) is 34.9 Å². The molecular weight excluding hydrogens is 360 g/mol. The zero-order chi connectivity index (χ0) is 19.9. The molecular formula is C20H22N4O4. The van der Waals surface area contributed by atoms with Crippen LogP contribution in [0, 0.1) is 10.1 Å². The zero-order valence-electron chi connectivity index (χ0n) is 15.3. The third-order valence-electron chi connectivity index (χ3n) is 4.64. The number of urea groups is 1. The van der Waals surface area contributed by atoms with E-state index in [9.17, 15) is 19.7 Å². The molecule has 8 heteroatoms. The van der Waals surface area contributed by atoms with Crippen LogP contribution >= 0.6 is 0 Å². The van der Waals surface area contributed by atoms with Gasteiger partial charge in [0.1, 0.15) is 6.04 Å². The van der Waals surface area contributed by atoms with Crippen molar-refractivity contribution in [2.45, 2.75) is 25.3 Å². The molecule has 0 aromatic heterocycles. The summed E-state index contributed by atoms with van der Waals surface area (Å²) in [7, 11) is 0. The van der Waals surface area contributed by atoms with Crippen LogP contribution < -0.4 is 10.6 Å². The van der Waals surface area contributed by atoms with Gasteiger partial charge in [0.05, 0.1) is 4.92 Å². The highest BCUT2D eigenvalue weighted by atomic mass is 16.6. The average molecular weight is 382 g/mol. The number of nitro groups is 1. The lowest BCUT2D eigenvalue weighted by Gasteiger charge is -2.31. The van der Waals surface area contributed by atoms with Crippen molar-refractivity contribution in [2.24, 2.45) is 0 Å². The number of rotatable bonds is 5. The van der Waals surface area contributed by atoms with Crippen molar-refractivity contribution < 1.29 is 14.5 Å². The van der Waals surface area contributed by atoms with E-state index in [4.69, 9.17) is 0 Å². The van der Waals surface area contributed by atoms with Gasteiger partial charge in [-0.2, -0.15) is 0 Å². The molecule has 146 valence electrons. The van der Waals surface area contributed by atoms with Gasteiger partial charge >= 0.3 is 6.03 Å². The quantitative estimate of drug-likeness (QED) is 0.610. The Bertz CT molecular complexity index is 850. The summed E-state index contributed by atoms with van der Waals surface area (Å²) < 4.78 is 0. The van der Waals surface area contributed by atoms with Crippen molar-refractivity contribution in [3.63, 3.8) is 0 Å². The van der Waals surface area contributed by atoms with Crippen molar-refractivity contribution in [1.82, 2.24) is 10.2 Å². The molecule has 1 atom stereocenters. The van der Waals surface area contributed by atoms with E-state index in [0.717, 1.165) is 19.3 Å². The molecule has 0 bridgehead atoms. The number of carbonyl (C=O) groups excluding carboxylic acids is 2. The summed E-state index contributed by atoms with van der Waals surface area (Å²) in [5.41, 5.74) is 0.845. The maximum Gasteiger partial charge on any atom is 0.320 e. The number of nitrogens with one attached hydrogen (secondary N) is 2. The van der Waals surface area contributed by atoms with E-state index in [-0.39, 0.29) is 17.3 Å². The normalized spacial score (nSPS) is 14.8. The molecule has 2 aromatic carbocycles. The lowest BCUT2D eigenvalue weighted by Crippen LogP contribution is -2.45. The Kier molecular flexibility index (Phi) is 6.21. The molecule has 0 aliphatic carbocycles. The first-order valence-electron chi connectivity index (χ1n) is 9.20. The molecule has 0 spiro atoms. The predicted molar refractivity (Wildman–Crippen MR) is 105 cm³/mol. The molecule has 3 rings (SSSR count). The van der Waals surface area contributed by atoms with Gasteiger partial charge in [0, 0.05) is 30.9 Å². The van der Waals surface area contributed by atoms with Gasteiger partial charge in [0.25, 0.3) is 5.69 Å². The van der Waals surface area contributed by atoms with Gasteiger partial charge in [-0.1, -0.05) is 36.4 Å². The van der Waals surface area contributed by atoms with E-state index in [1.165, 1.54) is 18.2 Å². The summed E-state index contributed by atoms with van der Waals surface area (Å²) in [5, 5.41) is 16.2. The van der Waals surface area contributed by atoms with E-state index >= 15 is 0 Å². The maximum absolute atomic E-state index is 13.0. The van der Waals surface area contributed by atoms with E-state index in [1.54, 1.807) is 23.1 Å². The molecule has 1 fully saturated rings. The second-order valence-electron chi connectivity index (χ2n) is 6.64. The van der Waals surface area contributed by atoms with Crippen molar-refractivity contribution in [3.05, 3.63) is 70.3 Å². The number of piperidine rings is 1. The predicted octanol–water partition coefficient (Wildman–Crippen LogP) is 3.47. The fraction of sp³-hybridized carbons (Fsp3) is 0.300. The van der Waals surface area contributed by atoms with Crippen LogP contribution in [0.15, 0.2) is 54.6 Å². The molecule has 0 unspecified atom stereocenters. The topological polar surface area (TPSA) is 105 Å². The van der Waals surface area contributed by atoms with E-state index < -0.39 is 17.0 Å². The molecule has 1 aliphatic rings. The molecule has 1 aliphatic heterocycles. The molecule has 0 radical (unpaired) electrons. The Hall–Kier alpha value is -3.42. The highest BCUT2D eigenvalue weighted by Gasteiger charge is 2.28. The minimum atomic E-state index is -0.821. The number of carbonyl (C=O) groups is 2. The van der Waals surface area contributed by atoms with Crippen LogP contribution in [0.4, 0.5) is 16.2 Å². The molecule has 1 saturated heterocycles. The van der Waals surface area contributed by atoms with Crippen LogP contribution in [0.5, 0.6) is 0 Å². The summed E-state index contributed by atoms with van der Waals surface area (Å²) in [6, 6.07) is 13.3. The molecule has 0 saturated carbocycles. The minimum absolute atomic E-state index is 0.123. The molecule has 28 heavy (non-hydrogen) atoms. The van der Waals surface area contributed by atoms with Crippen LogP contribution in [-0.2, 0) is 4.79 Å². The average Bonchev–Trinajstić information content (AvgIpc) is 2.73. The fourth-order valence-electron chi connectivity index (χ4n) is 3.23. The highest BCUT2D eigenvalue weighted by Crippen LogP contribution is 2.20. The first-order valence-corrected chi connectivity index (χ1v) is 9.20. The monoisotopic (exact) mass is 382 g/mol. The Morgan fingerprint density at radius 3 is 2.39 bits per heavy atom. The summed E-state index contributed by atoms with van der Waals surface area (Å²) >= 11 is 0. The van der Waals surface area contributed by atoms with E-state index in [1.807, 2.05) is 18.2 Å². The fourth-order valence-corrected chi connectivity index (χ4v) is 3.23. The lowest BCUT2D eigenvalue weighted by atomic mass is 10.0. The van der Waals surface area contributed by atoms with Crippen LogP contribution in [0.2, 0.25) is 0 Å². The van der Waals surface area contributed by atoms with Crippen LogP contribution in [0.1, 0.15) is 30.9 Å². The number of anilines is 1. The largest absolute Gasteiger partial charge is 0.341 e. The molecule has 1 heterocycles. The number of nitro benzene ring substituents is 1. The van der Waals surface area contributed by atoms with Crippen molar-refractivity contribution in [2.75, 3.05) is 18.4 Å². The summed E-state index contributed by atoms with van der Waals surface area (Å²) in [6.07, 6.45) is 3.00. The van der Waals surface area contributed by atoms with Crippen LogP contribution in [0.3, 0.4) is 0 Å². The smallest absolute Gasteiger partial charge is 0.320 e. The van der Waals surface area contributed by atoms with E-state index in [0.29, 0.717) is 18.7 Å². The number of hydrogen-bond acceptors (Lipinski definition) is 4. The SMILES string of the molecule is O=C(Nc1cccc([N+](=O)[O-])c1)N[C@@H](C(=O)N1CCCCC1)c1ccccc1. The molecule has 3 amide bonds. The van der Waals surface area contributed by atoms with E-state index in [2.05, 4.69) is 10.6 Å². The van der Waals surface area contributed by atoms with Gasteiger partial charge in [-0.3, -0.25) is 14.9 Å². The molecule has 8 nitrogen and oxygen atoms in total. The number of non-ortho nitro benzene ring substituents is 1. The summed E-state index contributed by atoms with van der Waals surface area (Å²) in [5.74, 6) is -0.153. The van der Waals surface area contributed by atoms with Gasteiger partial charge in [-0.15, -0.1) is 0 Å². The minimum Gasteiger partial charge on any atom is -0.341 e. The van der Waals surface area contributed by atoms with Crippen molar-refractivity contribution >= 4 is 23.3 Å². The number of nitrogens with zero attached hydrogens (tertiary/aromatic N) is 2. The number of amides is 3. The Labute approximate surface area is 162 Å². The third kappa shape index (κ3) is 4.85. The zero-order valence-corrected chi connectivity index (χ0v) is 15.3. The van der Waals surface area contributed by atoms with Gasteiger partial charge in [-0.05, 0) is 30.9 Å². The van der Waals surface area contributed by atoms with Crippen molar-refractivity contribution in [1.29, 1.82) is 0 Å². The molecule has 2 N–H and O–H groups in total. The number of benzene rings is 2.